The summed E-state index contributed by atoms with van der Waals surface area (Å²) in [5, 5.41) is 10.5. The van der Waals surface area contributed by atoms with Crippen LogP contribution in [0.2, 0.25) is 0 Å². The zero-order valence-corrected chi connectivity index (χ0v) is 10.9. The van der Waals surface area contributed by atoms with E-state index in [1.54, 1.807) is 0 Å². The van der Waals surface area contributed by atoms with E-state index in [1.807, 2.05) is 43.3 Å². The van der Waals surface area contributed by atoms with E-state index in [0.29, 0.717) is 5.82 Å². The van der Waals surface area contributed by atoms with Crippen molar-refractivity contribution in [3.05, 3.63) is 30.5 Å². The van der Waals surface area contributed by atoms with Crippen molar-refractivity contribution in [2.24, 2.45) is 0 Å². The number of carbonyl (C=O) groups is 1. The predicted octanol–water partition coefficient (Wildman–Crippen LogP) is 0.565. The summed E-state index contributed by atoms with van der Waals surface area (Å²) in [5.74, 6) is 0.0938. The van der Waals surface area contributed by atoms with Crippen LogP contribution in [0.25, 0.3) is 0 Å². The van der Waals surface area contributed by atoms with Gasteiger partial charge in [0, 0.05) is 25.5 Å². The van der Waals surface area contributed by atoms with E-state index in [0.717, 1.165) is 11.4 Å². The third-order valence-corrected chi connectivity index (χ3v) is 2.51. The van der Waals surface area contributed by atoms with Gasteiger partial charge in [0.05, 0.1) is 6.20 Å². The molecule has 100 valence electrons. The molecule has 19 heavy (non-hydrogen) atoms. The van der Waals surface area contributed by atoms with Crippen LogP contribution in [-0.2, 0) is 11.3 Å². The Morgan fingerprint density at radius 1 is 1.37 bits per heavy atom. The molecule has 1 aromatic carbocycles. The number of carbonyl (C=O) groups excluding carboxylic acids is 1. The fourth-order valence-electron chi connectivity index (χ4n) is 1.56. The summed E-state index contributed by atoms with van der Waals surface area (Å²) in [6.45, 7) is 0.0344. The average molecular weight is 260 g/mol. The van der Waals surface area contributed by atoms with Crippen LogP contribution in [0, 0.1) is 0 Å². The molecule has 0 radical (unpaired) electrons. The number of rotatable bonds is 4. The fraction of sp³-hybridized carbons (Fsp3) is 0.250. The van der Waals surface area contributed by atoms with Crippen molar-refractivity contribution in [1.29, 1.82) is 0 Å². The first-order valence-corrected chi connectivity index (χ1v) is 5.77. The molecular formula is C12H16N6O. The Hall–Kier alpha value is -2.57. The normalized spacial score (nSPS) is 10.2. The molecule has 3 N–H and O–H groups in total. The second kappa shape index (κ2) is 5.38. The van der Waals surface area contributed by atoms with E-state index in [2.05, 4.69) is 15.5 Å². The molecule has 1 aromatic heterocycles. The molecule has 0 saturated carbocycles. The average Bonchev–Trinajstić information content (AvgIpc) is 2.75. The van der Waals surface area contributed by atoms with Gasteiger partial charge in [0.25, 0.3) is 0 Å². The summed E-state index contributed by atoms with van der Waals surface area (Å²) >= 11 is 0. The van der Waals surface area contributed by atoms with Gasteiger partial charge in [-0.1, -0.05) is 0 Å². The van der Waals surface area contributed by atoms with Gasteiger partial charge < -0.3 is 16.0 Å². The van der Waals surface area contributed by atoms with Crippen molar-refractivity contribution < 1.29 is 4.79 Å². The van der Waals surface area contributed by atoms with Crippen molar-refractivity contribution in [2.75, 3.05) is 30.0 Å². The molecule has 1 amide bonds. The first-order valence-electron chi connectivity index (χ1n) is 5.77. The maximum Gasteiger partial charge on any atom is 0.247 e. The van der Waals surface area contributed by atoms with Crippen LogP contribution >= 0.6 is 0 Å². The van der Waals surface area contributed by atoms with Crippen LogP contribution in [0.1, 0.15) is 0 Å². The molecule has 0 bridgehead atoms. The molecule has 0 saturated heterocycles. The van der Waals surface area contributed by atoms with Gasteiger partial charge in [-0.25, -0.2) is 0 Å². The Morgan fingerprint density at radius 3 is 2.58 bits per heavy atom. The minimum Gasteiger partial charge on any atom is -0.381 e. The monoisotopic (exact) mass is 260 g/mol. The van der Waals surface area contributed by atoms with E-state index < -0.39 is 0 Å². The Labute approximate surface area is 111 Å². The highest BCUT2D eigenvalue weighted by molar-refractivity contribution is 5.90. The predicted molar refractivity (Wildman–Crippen MR) is 73.8 cm³/mol. The fourth-order valence-corrected chi connectivity index (χ4v) is 1.56. The van der Waals surface area contributed by atoms with E-state index in [9.17, 15) is 4.79 Å². The maximum atomic E-state index is 11.7. The summed E-state index contributed by atoms with van der Waals surface area (Å²) < 4.78 is 0. The molecule has 0 unspecified atom stereocenters. The van der Waals surface area contributed by atoms with Crippen LogP contribution in [-0.4, -0.2) is 35.0 Å². The number of anilines is 3. The number of nitrogens with two attached hydrogens (primary N) is 1. The Kier molecular flexibility index (Phi) is 3.65. The highest BCUT2D eigenvalue weighted by Crippen LogP contribution is 2.15. The van der Waals surface area contributed by atoms with Crippen LogP contribution in [0.5, 0.6) is 0 Å². The number of nitrogen functional groups attached to an aromatic ring is 1. The van der Waals surface area contributed by atoms with Gasteiger partial charge in [-0.05, 0) is 24.3 Å². The summed E-state index contributed by atoms with van der Waals surface area (Å²) in [4.78, 5) is 15.0. The molecule has 0 aliphatic carbocycles. The lowest BCUT2D eigenvalue weighted by molar-refractivity contribution is -0.117. The molecule has 2 aromatic rings. The standard InChI is InChI=1S/C12H16N6O/c1-17(2)10-5-3-9(4-6-10)15-12(19)8-18-14-7-11(13)16-18/h3-7H,8H2,1-2H3,(H2,13,16)(H,15,19). The van der Waals surface area contributed by atoms with Gasteiger partial charge in [0.2, 0.25) is 5.91 Å². The number of nitrogens with zero attached hydrogens (tertiary/aromatic N) is 4. The second-order valence-electron chi connectivity index (χ2n) is 4.29. The molecule has 0 aliphatic rings. The summed E-state index contributed by atoms with van der Waals surface area (Å²) in [6.07, 6.45) is 1.40. The number of hydrogen-bond donors (Lipinski definition) is 2. The molecule has 0 spiro atoms. The van der Waals surface area contributed by atoms with Crippen molar-refractivity contribution in [3.63, 3.8) is 0 Å². The topological polar surface area (TPSA) is 89.1 Å². The highest BCUT2D eigenvalue weighted by Gasteiger charge is 2.06. The number of aromatic nitrogens is 3. The van der Waals surface area contributed by atoms with Crippen LogP contribution in [0.4, 0.5) is 17.2 Å². The van der Waals surface area contributed by atoms with Crippen LogP contribution in [0.15, 0.2) is 30.5 Å². The molecule has 7 nitrogen and oxygen atoms in total. The van der Waals surface area contributed by atoms with Gasteiger partial charge >= 0.3 is 0 Å². The van der Waals surface area contributed by atoms with Gasteiger partial charge in [0.15, 0.2) is 5.82 Å². The van der Waals surface area contributed by atoms with E-state index in [-0.39, 0.29) is 12.5 Å². The van der Waals surface area contributed by atoms with Crippen molar-refractivity contribution in [1.82, 2.24) is 15.0 Å². The summed E-state index contributed by atoms with van der Waals surface area (Å²) in [5.41, 5.74) is 7.22. The van der Waals surface area contributed by atoms with E-state index in [1.165, 1.54) is 11.0 Å². The van der Waals surface area contributed by atoms with Gasteiger partial charge in [-0.3, -0.25) is 4.79 Å². The van der Waals surface area contributed by atoms with Gasteiger partial charge in [-0.15, -0.1) is 5.10 Å². The van der Waals surface area contributed by atoms with E-state index in [4.69, 9.17) is 5.73 Å². The lowest BCUT2D eigenvalue weighted by atomic mass is 10.2. The van der Waals surface area contributed by atoms with Crippen molar-refractivity contribution >= 4 is 23.1 Å². The molecule has 2 rings (SSSR count). The van der Waals surface area contributed by atoms with Gasteiger partial charge in [0.1, 0.15) is 6.54 Å². The number of amides is 1. The van der Waals surface area contributed by atoms with Gasteiger partial charge in [-0.2, -0.15) is 9.90 Å². The lowest BCUT2D eigenvalue weighted by Crippen LogP contribution is -2.20. The third-order valence-electron chi connectivity index (χ3n) is 2.51. The minimum absolute atomic E-state index is 0.0344. The quantitative estimate of drug-likeness (QED) is 0.838. The molecule has 7 heteroatoms. The minimum atomic E-state index is -0.201. The van der Waals surface area contributed by atoms with Crippen LogP contribution < -0.4 is 16.0 Å². The first-order chi connectivity index (χ1) is 9.04. The Morgan fingerprint density at radius 2 is 2.05 bits per heavy atom. The van der Waals surface area contributed by atoms with Crippen molar-refractivity contribution in [2.45, 2.75) is 6.54 Å². The largest absolute Gasteiger partial charge is 0.381 e. The first kappa shape index (κ1) is 12.9. The lowest BCUT2D eigenvalue weighted by Gasteiger charge is -2.12. The molecule has 0 fully saturated rings. The smallest absolute Gasteiger partial charge is 0.247 e. The third kappa shape index (κ3) is 3.44. The molecule has 0 aliphatic heterocycles. The van der Waals surface area contributed by atoms with E-state index >= 15 is 0 Å². The van der Waals surface area contributed by atoms with Crippen LogP contribution in [0.3, 0.4) is 0 Å². The zero-order valence-electron chi connectivity index (χ0n) is 10.9. The molecule has 1 heterocycles. The SMILES string of the molecule is CN(C)c1ccc(NC(=O)Cn2ncc(N)n2)cc1. The number of hydrogen-bond acceptors (Lipinski definition) is 5. The maximum absolute atomic E-state index is 11.7. The highest BCUT2D eigenvalue weighted by atomic mass is 16.2. The van der Waals surface area contributed by atoms with Crippen molar-refractivity contribution in [3.8, 4) is 0 Å². The molecular weight excluding hydrogens is 244 g/mol. The number of nitrogens with one attached hydrogen (secondary N) is 1. The second-order valence-corrected chi connectivity index (χ2v) is 4.29. The Bertz CT molecular complexity index is 560. The summed E-state index contributed by atoms with van der Waals surface area (Å²) in [7, 11) is 3.92. The Balaban J connectivity index is 1.95. The number of benzene rings is 1. The molecule has 0 atom stereocenters. The zero-order chi connectivity index (χ0) is 13.8. The summed E-state index contributed by atoms with van der Waals surface area (Å²) in [6, 6.07) is 7.55.